The molecule has 0 saturated carbocycles. The second-order valence-corrected chi connectivity index (χ2v) is 6.49. The Hall–Kier alpha value is -3.00. The Balaban J connectivity index is 1.63. The maximum Gasteiger partial charge on any atom is 0.278 e. The van der Waals surface area contributed by atoms with E-state index in [9.17, 15) is 14.0 Å². The smallest absolute Gasteiger partial charge is 0.278 e. The first-order valence-corrected chi connectivity index (χ1v) is 8.72. The molecule has 26 heavy (non-hydrogen) atoms. The van der Waals surface area contributed by atoms with Crippen molar-refractivity contribution in [2.45, 2.75) is 12.1 Å². The minimum absolute atomic E-state index is 0.00497. The third-order valence-electron chi connectivity index (χ3n) is 3.45. The molecule has 1 heterocycles. The second kappa shape index (κ2) is 7.92. The van der Waals surface area contributed by atoms with Gasteiger partial charge in [-0.15, -0.1) is 10.2 Å². The minimum atomic E-state index is -0.433. The Bertz CT molecular complexity index is 989. The SMILES string of the molecule is Cc1ccc(-c2nnc(SCC(=O)Nc3cccc(F)c3)[nH]c2=O)cc1. The summed E-state index contributed by atoms with van der Waals surface area (Å²) >= 11 is 1.04. The molecule has 3 rings (SSSR count). The summed E-state index contributed by atoms with van der Waals surface area (Å²) < 4.78 is 13.1. The predicted molar refractivity (Wildman–Crippen MR) is 98.6 cm³/mol. The number of benzene rings is 2. The Morgan fingerprint density at radius 2 is 1.96 bits per heavy atom. The number of hydrogen-bond donors (Lipinski definition) is 2. The Kier molecular flexibility index (Phi) is 5.43. The van der Waals surface area contributed by atoms with Crippen molar-refractivity contribution in [2.75, 3.05) is 11.1 Å². The van der Waals surface area contributed by atoms with Crippen molar-refractivity contribution in [3.8, 4) is 11.3 Å². The lowest BCUT2D eigenvalue weighted by atomic mass is 10.1. The Morgan fingerprint density at radius 3 is 2.65 bits per heavy atom. The van der Waals surface area contributed by atoms with Crippen molar-refractivity contribution >= 4 is 23.4 Å². The number of anilines is 1. The lowest BCUT2D eigenvalue weighted by Gasteiger charge is -2.05. The van der Waals surface area contributed by atoms with Crippen LogP contribution in [-0.4, -0.2) is 26.8 Å². The van der Waals surface area contributed by atoms with E-state index < -0.39 is 5.82 Å². The summed E-state index contributed by atoms with van der Waals surface area (Å²) in [5, 5.41) is 10.7. The zero-order chi connectivity index (χ0) is 18.5. The average Bonchev–Trinajstić information content (AvgIpc) is 2.61. The van der Waals surface area contributed by atoms with Crippen LogP contribution in [0.3, 0.4) is 0 Å². The van der Waals surface area contributed by atoms with Crippen LogP contribution in [0.5, 0.6) is 0 Å². The van der Waals surface area contributed by atoms with E-state index in [-0.39, 0.29) is 28.1 Å². The van der Waals surface area contributed by atoms with E-state index in [1.807, 2.05) is 19.1 Å². The van der Waals surface area contributed by atoms with Gasteiger partial charge in [0, 0.05) is 11.3 Å². The van der Waals surface area contributed by atoms with Gasteiger partial charge in [0.15, 0.2) is 10.9 Å². The van der Waals surface area contributed by atoms with E-state index in [0.717, 1.165) is 17.3 Å². The number of nitrogens with zero attached hydrogens (tertiary/aromatic N) is 2. The molecule has 0 aliphatic carbocycles. The molecular weight excluding hydrogens is 355 g/mol. The van der Waals surface area contributed by atoms with Gasteiger partial charge in [0.05, 0.1) is 5.75 Å². The van der Waals surface area contributed by atoms with E-state index in [1.165, 1.54) is 18.2 Å². The van der Waals surface area contributed by atoms with Crippen LogP contribution in [0, 0.1) is 12.7 Å². The first kappa shape index (κ1) is 17.8. The number of thioether (sulfide) groups is 1. The zero-order valence-electron chi connectivity index (χ0n) is 13.8. The van der Waals surface area contributed by atoms with Crippen LogP contribution in [0.2, 0.25) is 0 Å². The molecule has 2 N–H and O–H groups in total. The van der Waals surface area contributed by atoms with Gasteiger partial charge in [-0.25, -0.2) is 4.39 Å². The number of H-pyrrole nitrogens is 1. The van der Waals surface area contributed by atoms with Crippen molar-refractivity contribution in [2.24, 2.45) is 0 Å². The molecule has 2 aromatic carbocycles. The second-order valence-electron chi connectivity index (χ2n) is 5.52. The van der Waals surface area contributed by atoms with Gasteiger partial charge >= 0.3 is 0 Å². The molecule has 0 radical (unpaired) electrons. The molecule has 0 spiro atoms. The third kappa shape index (κ3) is 4.54. The maximum absolute atomic E-state index is 13.1. The summed E-state index contributed by atoms with van der Waals surface area (Å²) in [4.78, 5) is 26.7. The minimum Gasteiger partial charge on any atom is -0.325 e. The fourth-order valence-electron chi connectivity index (χ4n) is 2.18. The number of aryl methyl sites for hydroxylation is 1. The van der Waals surface area contributed by atoms with Crippen molar-refractivity contribution in [1.29, 1.82) is 0 Å². The highest BCUT2D eigenvalue weighted by Crippen LogP contribution is 2.16. The van der Waals surface area contributed by atoms with E-state index in [2.05, 4.69) is 20.5 Å². The predicted octanol–water partition coefficient (Wildman–Crippen LogP) is 3.01. The van der Waals surface area contributed by atoms with Crippen LogP contribution in [0.15, 0.2) is 58.5 Å². The van der Waals surface area contributed by atoms with Crippen molar-refractivity contribution in [1.82, 2.24) is 15.2 Å². The Labute approximate surface area is 152 Å². The summed E-state index contributed by atoms with van der Waals surface area (Å²) in [6.07, 6.45) is 0. The molecule has 0 aliphatic heterocycles. The maximum atomic E-state index is 13.1. The molecule has 1 amide bonds. The molecule has 0 fully saturated rings. The topological polar surface area (TPSA) is 87.7 Å². The first-order valence-electron chi connectivity index (χ1n) is 7.73. The normalized spacial score (nSPS) is 10.5. The molecule has 0 bridgehead atoms. The number of rotatable bonds is 5. The summed E-state index contributed by atoms with van der Waals surface area (Å²) in [5.74, 6) is -0.770. The number of nitrogens with one attached hydrogen (secondary N) is 2. The molecule has 0 saturated heterocycles. The van der Waals surface area contributed by atoms with Gasteiger partial charge in [0.25, 0.3) is 5.56 Å². The molecule has 0 unspecified atom stereocenters. The highest BCUT2D eigenvalue weighted by Gasteiger charge is 2.10. The van der Waals surface area contributed by atoms with Gasteiger partial charge in [-0.2, -0.15) is 0 Å². The van der Waals surface area contributed by atoms with E-state index in [4.69, 9.17) is 0 Å². The summed E-state index contributed by atoms with van der Waals surface area (Å²) in [7, 11) is 0. The van der Waals surface area contributed by atoms with Gasteiger partial charge in [0.1, 0.15) is 5.82 Å². The number of halogens is 1. The number of aromatic amines is 1. The number of carbonyl (C=O) groups is 1. The van der Waals surface area contributed by atoms with Crippen LogP contribution in [-0.2, 0) is 4.79 Å². The monoisotopic (exact) mass is 370 g/mol. The first-order chi connectivity index (χ1) is 12.5. The number of carbonyl (C=O) groups excluding carboxylic acids is 1. The number of hydrogen-bond acceptors (Lipinski definition) is 5. The largest absolute Gasteiger partial charge is 0.325 e. The van der Waals surface area contributed by atoms with Crippen molar-refractivity contribution in [3.63, 3.8) is 0 Å². The highest BCUT2D eigenvalue weighted by molar-refractivity contribution is 7.99. The molecule has 132 valence electrons. The highest BCUT2D eigenvalue weighted by atomic mass is 32.2. The average molecular weight is 370 g/mol. The van der Waals surface area contributed by atoms with Crippen LogP contribution < -0.4 is 10.9 Å². The molecule has 1 aromatic heterocycles. The summed E-state index contributed by atoms with van der Waals surface area (Å²) in [6, 6.07) is 13.0. The van der Waals surface area contributed by atoms with E-state index in [1.54, 1.807) is 18.2 Å². The molecule has 6 nitrogen and oxygen atoms in total. The summed E-state index contributed by atoms with van der Waals surface area (Å²) in [6.45, 7) is 1.95. The fraction of sp³-hybridized carbons (Fsp3) is 0.111. The molecule has 0 aliphatic rings. The molecular formula is C18H15FN4O2S. The lowest BCUT2D eigenvalue weighted by Crippen LogP contribution is -2.17. The molecule has 0 atom stereocenters. The van der Waals surface area contributed by atoms with Crippen LogP contribution in [0.1, 0.15) is 5.56 Å². The van der Waals surface area contributed by atoms with E-state index in [0.29, 0.717) is 11.3 Å². The van der Waals surface area contributed by atoms with Gasteiger partial charge in [0.2, 0.25) is 5.91 Å². The van der Waals surface area contributed by atoms with Gasteiger partial charge in [-0.3, -0.25) is 14.6 Å². The number of amides is 1. The fourth-order valence-corrected chi connectivity index (χ4v) is 2.79. The zero-order valence-corrected chi connectivity index (χ0v) is 14.6. The quantitative estimate of drug-likeness (QED) is 0.674. The lowest BCUT2D eigenvalue weighted by molar-refractivity contribution is -0.113. The van der Waals surface area contributed by atoms with Gasteiger partial charge < -0.3 is 5.32 Å². The number of aromatic nitrogens is 3. The van der Waals surface area contributed by atoms with Gasteiger partial charge in [-0.05, 0) is 25.1 Å². The van der Waals surface area contributed by atoms with E-state index >= 15 is 0 Å². The van der Waals surface area contributed by atoms with Crippen LogP contribution in [0.4, 0.5) is 10.1 Å². The Morgan fingerprint density at radius 1 is 1.19 bits per heavy atom. The molecule has 3 aromatic rings. The van der Waals surface area contributed by atoms with Crippen LogP contribution in [0.25, 0.3) is 11.3 Å². The standard InChI is InChI=1S/C18H15FN4O2S/c1-11-5-7-12(8-6-11)16-17(25)21-18(23-22-16)26-10-15(24)20-14-4-2-3-13(19)9-14/h2-9H,10H2,1H3,(H,20,24)(H,21,23,25). The summed E-state index contributed by atoms with van der Waals surface area (Å²) in [5.41, 5.74) is 1.96. The van der Waals surface area contributed by atoms with Gasteiger partial charge in [-0.1, -0.05) is 47.7 Å². The van der Waals surface area contributed by atoms with Crippen molar-refractivity contribution < 1.29 is 9.18 Å². The van der Waals surface area contributed by atoms with Crippen molar-refractivity contribution in [3.05, 3.63) is 70.3 Å². The third-order valence-corrected chi connectivity index (χ3v) is 4.31. The van der Waals surface area contributed by atoms with Crippen LogP contribution >= 0.6 is 11.8 Å². The molecule has 8 heteroatoms.